The Kier molecular flexibility index (Phi) is 6.63. The van der Waals surface area contributed by atoms with Crippen LogP contribution in [0.5, 0.6) is 0 Å². The Labute approximate surface area is 197 Å². The first-order valence-corrected chi connectivity index (χ1v) is 11.5. The van der Waals surface area contributed by atoms with Crippen LogP contribution < -0.4 is 10.6 Å². The Hall–Kier alpha value is -3.02. The van der Waals surface area contributed by atoms with E-state index in [-0.39, 0.29) is 23.6 Å². The van der Waals surface area contributed by atoms with Gasteiger partial charge in [0.05, 0.1) is 11.6 Å². The first kappa shape index (κ1) is 23.1. The number of hydrogen-bond acceptors (Lipinski definition) is 6. The molecule has 3 atom stereocenters. The van der Waals surface area contributed by atoms with E-state index in [2.05, 4.69) is 39.7 Å². The number of benzene rings is 1. The van der Waals surface area contributed by atoms with E-state index in [0.29, 0.717) is 35.1 Å². The summed E-state index contributed by atoms with van der Waals surface area (Å²) in [7, 11) is 1.67. The summed E-state index contributed by atoms with van der Waals surface area (Å²) in [5, 5.41) is 10.4. The van der Waals surface area contributed by atoms with Crippen LogP contribution in [-0.2, 0) is 7.05 Å². The summed E-state index contributed by atoms with van der Waals surface area (Å²) in [5.41, 5.74) is 1.67. The van der Waals surface area contributed by atoms with Crippen molar-refractivity contribution in [3.05, 3.63) is 63.4 Å². The topological polar surface area (TPSA) is 78.0 Å². The predicted molar refractivity (Wildman–Crippen MR) is 127 cm³/mol. The molecule has 0 bridgehead atoms. The maximum atomic E-state index is 13.5. The van der Waals surface area contributed by atoms with Crippen LogP contribution >= 0.6 is 11.6 Å². The molecule has 33 heavy (non-hydrogen) atoms. The third-order valence-electron chi connectivity index (χ3n) is 6.49. The van der Waals surface area contributed by atoms with Gasteiger partial charge in [-0.15, -0.1) is 0 Å². The summed E-state index contributed by atoms with van der Waals surface area (Å²) in [6, 6.07) is 11.5. The van der Waals surface area contributed by atoms with Gasteiger partial charge in [0.1, 0.15) is 22.5 Å². The Bertz CT molecular complexity index is 1250. The number of piperazine rings is 1. The lowest BCUT2D eigenvalue weighted by atomic mass is 9.97. The fourth-order valence-corrected chi connectivity index (χ4v) is 4.78. The highest BCUT2D eigenvalue weighted by Crippen LogP contribution is 2.33. The number of aromatic nitrogens is 3. The van der Waals surface area contributed by atoms with Gasteiger partial charge in [0.25, 0.3) is 0 Å². The third-order valence-corrected chi connectivity index (χ3v) is 6.71. The van der Waals surface area contributed by atoms with Crippen LogP contribution in [0.25, 0.3) is 11.0 Å². The molecule has 0 radical (unpaired) electrons. The molecular weight excluding hydrogens is 443 g/mol. The van der Waals surface area contributed by atoms with Crippen molar-refractivity contribution in [2.24, 2.45) is 7.05 Å². The van der Waals surface area contributed by atoms with Crippen molar-refractivity contribution < 1.29 is 4.39 Å². The molecular formula is C24H26ClFN6O. The van der Waals surface area contributed by atoms with Crippen molar-refractivity contribution in [1.82, 2.24) is 19.4 Å². The van der Waals surface area contributed by atoms with Gasteiger partial charge in [-0.3, -0.25) is 9.47 Å². The van der Waals surface area contributed by atoms with E-state index in [1.807, 2.05) is 0 Å². The minimum Gasteiger partial charge on any atom is -0.349 e. The standard InChI is InChI=1S/C24H26ClFN6O/c1-4-17-14-32(23-22-19(10-11-21(25)28-22)30(3)24(33)29-23)18(5-2)13-31(17)20(12-27)15-6-8-16(26)9-7-15/h6-11,17-18,20H,4-5,13-14H2,1-3H3/t17-,18?,20?/m1/s1. The number of halogens is 2. The van der Waals surface area contributed by atoms with Gasteiger partial charge in [-0.2, -0.15) is 10.2 Å². The van der Waals surface area contributed by atoms with Crippen molar-refractivity contribution >= 4 is 28.5 Å². The summed E-state index contributed by atoms with van der Waals surface area (Å²) >= 11 is 6.19. The van der Waals surface area contributed by atoms with Crippen molar-refractivity contribution in [2.45, 2.75) is 44.8 Å². The maximum absolute atomic E-state index is 13.5. The summed E-state index contributed by atoms with van der Waals surface area (Å²) in [4.78, 5) is 25.8. The monoisotopic (exact) mass is 468 g/mol. The summed E-state index contributed by atoms with van der Waals surface area (Å²) in [6.07, 6.45) is 1.58. The number of hydrogen-bond donors (Lipinski definition) is 0. The van der Waals surface area contributed by atoms with E-state index in [1.165, 1.54) is 16.7 Å². The molecule has 0 spiro atoms. The van der Waals surface area contributed by atoms with E-state index in [4.69, 9.17) is 11.6 Å². The molecule has 2 aromatic heterocycles. The number of aryl methyl sites for hydroxylation is 1. The van der Waals surface area contributed by atoms with Crippen LogP contribution in [0.4, 0.5) is 10.2 Å². The molecule has 0 saturated carbocycles. The number of anilines is 1. The van der Waals surface area contributed by atoms with Gasteiger partial charge in [-0.25, -0.2) is 14.2 Å². The first-order valence-electron chi connectivity index (χ1n) is 11.1. The highest BCUT2D eigenvalue weighted by molar-refractivity contribution is 6.29. The molecule has 0 N–H and O–H groups in total. The van der Waals surface area contributed by atoms with Crippen LogP contribution in [0.3, 0.4) is 0 Å². The second kappa shape index (κ2) is 9.46. The molecule has 7 nitrogen and oxygen atoms in total. The molecule has 0 amide bonds. The lowest BCUT2D eigenvalue weighted by Gasteiger charge is -2.48. The molecule has 1 aliphatic rings. The van der Waals surface area contributed by atoms with E-state index < -0.39 is 6.04 Å². The number of rotatable bonds is 5. The molecule has 3 heterocycles. The van der Waals surface area contributed by atoms with Crippen molar-refractivity contribution in [1.29, 1.82) is 5.26 Å². The average Bonchev–Trinajstić information content (AvgIpc) is 2.82. The number of fused-ring (bicyclic) bond motifs is 1. The van der Waals surface area contributed by atoms with Gasteiger partial charge in [-0.1, -0.05) is 37.6 Å². The van der Waals surface area contributed by atoms with Crippen molar-refractivity contribution in [2.75, 3.05) is 18.0 Å². The van der Waals surface area contributed by atoms with Crippen LogP contribution in [-0.4, -0.2) is 44.6 Å². The van der Waals surface area contributed by atoms with Gasteiger partial charge in [0, 0.05) is 32.2 Å². The molecule has 2 unspecified atom stereocenters. The van der Waals surface area contributed by atoms with E-state index in [1.54, 1.807) is 31.3 Å². The minimum absolute atomic E-state index is 0.00712. The summed E-state index contributed by atoms with van der Waals surface area (Å²) < 4.78 is 14.9. The second-order valence-electron chi connectivity index (χ2n) is 8.34. The van der Waals surface area contributed by atoms with Gasteiger partial charge < -0.3 is 4.90 Å². The van der Waals surface area contributed by atoms with E-state index in [0.717, 1.165) is 18.4 Å². The normalized spacial score (nSPS) is 20.1. The van der Waals surface area contributed by atoms with Crippen LogP contribution in [0.15, 0.2) is 41.2 Å². The molecule has 172 valence electrons. The molecule has 4 rings (SSSR count). The SMILES string of the molecule is CCC1CN(C(C#N)c2ccc(F)cc2)[C@H](CC)CN1c1nc(=O)n(C)c2ccc(Cl)nc12. The van der Waals surface area contributed by atoms with Crippen LogP contribution in [0.2, 0.25) is 5.15 Å². The van der Waals surface area contributed by atoms with Crippen LogP contribution in [0.1, 0.15) is 38.3 Å². The maximum Gasteiger partial charge on any atom is 0.349 e. The minimum atomic E-state index is -0.493. The fourth-order valence-electron chi connectivity index (χ4n) is 4.63. The zero-order valence-corrected chi connectivity index (χ0v) is 19.6. The Morgan fingerprint density at radius 3 is 2.45 bits per heavy atom. The first-order chi connectivity index (χ1) is 15.9. The molecule has 1 saturated heterocycles. The van der Waals surface area contributed by atoms with Crippen molar-refractivity contribution in [3.8, 4) is 6.07 Å². The summed E-state index contributed by atoms with van der Waals surface area (Å²) in [6.45, 7) is 5.33. The highest BCUT2D eigenvalue weighted by Gasteiger charge is 2.38. The highest BCUT2D eigenvalue weighted by atomic mass is 35.5. The Balaban J connectivity index is 1.76. The lowest BCUT2D eigenvalue weighted by molar-refractivity contribution is 0.117. The zero-order valence-electron chi connectivity index (χ0n) is 18.9. The second-order valence-corrected chi connectivity index (χ2v) is 8.72. The van der Waals surface area contributed by atoms with Crippen molar-refractivity contribution in [3.63, 3.8) is 0 Å². The third kappa shape index (κ3) is 4.31. The van der Waals surface area contributed by atoms with E-state index in [9.17, 15) is 14.4 Å². The largest absolute Gasteiger partial charge is 0.349 e. The van der Waals surface area contributed by atoms with Gasteiger partial charge in [0.2, 0.25) is 0 Å². The fraction of sp³-hybridized carbons (Fsp3) is 0.417. The Morgan fingerprint density at radius 2 is 1.82 bits per heavy atom. The summed E-state index contributed by atoms with van der Waals surface area (Å²) in [5.74, 6) is 0.198. The van der Waals surface area contributed by atoms with Gasteiger partial charge >= 0.3 is 5.69 Å². The molecule has 1 fully saturated rings. The van der Waals surface area contributed by atoms with E-state index >= 15 is 0 Å². The predicted octanol–water partition coefficient (Wildman–Crippen LogP) is 4.07. The molecule has 0 aliphatic carbocycles. The quantitative estimate of drug-likeness (QED) is 0.525. The number of nitrogens with zero attached hydrogens (tertiary/aromatic N) is 6. The van der Waals surface area contributed by atoms with Gasteiger partial charge in [0.15, 0.2) is 5.82 Å². The molecule has 1 aliphatic heterocycles. The number of nitriles is 1. The smallest absolute Gasteiger partial charge is 0.349 e. The Morgan fingerprint density at radius 1 is 1.12 bits per heavy atom. The molecule has 3 aromatic rings. The molecule has 1 aromatic carbocycles. The van der Waals surface area contributed by atoms with Gasteiger partial charge in [-0.05, 0) is 42.7 Å². The number of pyridine rings is 1. The zero-order chi connectivity index (χ0) is 23.7. The van der Waals surface area contributed by atoms with Crippen LogP contribution in [0, 0.1) is 17.1 Å². The lowest BCUT2D eigenvalue weighted by Crippen LogP contribution is -2.59. The average molecular weight is 469 g/mol. The molecule has 9 heteroatoms.